The third-order valence-electron chi connectivity index (χ3n) is 1.69. The number of hydrogen-bond acceptors (Lipinski definition) is 5. The lowest BCUT2D eigenvalue weighted by Crippen LogP contribution is -2.23. The first-order valence-electron chi connectivity index (χ1n) is 4.21. The van der Waals surface area contributed by atoms with Crippen molar-refractivity contribution in [3.8, 4) is 0 Å². The second-order valence-corrected chi connectivity index (χ2v) is 4.29. The van der Waals surface area contributed by atoms with E-state index in [9.17, 15) is 13.2 Å². The van der Waals surface area contributed by atoms with Crippen molar-refractivity contribution in [2.75, 3.05) is 18.5 Å². The number of aromatic nitrogens is 2. The summed E-state index contributed by atoms with van der Waals surface area (Å²) in [5.41, 5.74) is 5.29. The van der Waals surface area contributed by atoms with E-state index in [2.05, 4.69) is 21.6 Å². The summed E-state index contributed by atoms with van der Waals surface area (Å²) in [5.74, 6) is -1.12. The van der Waals surface area contributed by atoms with E-state index >= 15 is 0 Å². The van der Waals surface area contributed by atoms with Gasteiger partial charge in [-0.25, -0.2) is 0 Å². The van der Waals surface area contributed by atoms with Crippen LogP contribution in [0.1, 0.15) is 12.2 Å². The number of nitrogens with zero attached hydrogens (tertiary/aromatic N) is 3. The molecule has 1 aromatic rings. The lowest BCUT2D eigenvalue weighted by molar-refractivity contribution is -0.144. The number of anilines is 1. The first-order chi connectivity index (χ1) is 7.30. The van der Waals surface area contributed by atoms with Crippen molar-refractivity contribution in [1.29, 1.82) is 0 Å². The average Bonchev–Trinajstić information content (AvgIpc) is 2.61. The monoisotopic (exact) mass is 270 g/mol. The molecule has 0 spiro atoms. The number of rotatable bonds is 4. The van der Waals surface area contributed by atoms with Gasteiger partial charge in [0.05, 0.1) is 4.99 Å². The highest BCUT2D eigenvalue weighted by Gasteiger charge is 2.36. The molecule has 0 saturated heterocycles. The molecule has 0 bridgehead atoms. The van der Waals surface area contributed by atoms with E-state index in [1.165, 1.54) is 4.90 Å². The summed E-state index contributed by atoms with van der Waals surface area (Å²) in [7, 11) is 1.61. The summed E-state index contributed by atoms with van der Waals surface area (Å²) in [6.07, 6.45) is -4.08. The van der Waals surface area contributed by atoms with Gasteiger partial charge >= 0.3 is 6.18 Å². The maximum atomic E-state index is 12.2. The van der Waals surface area contributed by atoms with Gasteiger partial charge in [-0.15, -0.1) is 0 Å². The molecule has 0 fully saturated rings. The summed E-state index contributed by atoms with van der Waals surface area (Å²) in [6, 6.07) is 0. The molecule has 4 nitrogen and oxygen atoms in total. The molecule has 0 aromatic carbocycles. The molecular weight excluding hydrogens is 261 g/mol. The van der Waals surface area contributed by atoms with Crippen molar-refractivity contribution < 1.29 is 13.2 Å². The van der Waals surface area contributed by atoms with E-state index in [1.807, 2.05) is 0 Å². The number of alkyl halides is 3. The molecule has 1 heterocycles. The lowest BCUT2D eigenvalue weighted by atomic mass is 10.4. The smallest absolute Gasteiger partial charge is 0.393 e. The minimum absolute atomic E-state index is 0.198. The molecular formula is C7H9F3N4S2. The fraction of sp³-hybridized carbons (Fsp3) is 0.571. The molecule has 0 saturated carbocycles. The molecule has 1 aromatic heterocycles. The SMILES string of the molecule is CN(CCC(N)=S)c1nc(C(F)(F)F)ns1. The fourth-order valence-corrected chi connectivity index (χ4v) is 1.62. The minimum Gasteiger partial charge on any atom is -0.393 e. The number of halogens is 3. The molecule has 0 aliphatic rings. The molecule has 90 valence electrons. The normalized spacial score (nSPS) is 11.5. The van der Waals surface area contributed by atoms with Crippen LogP contribution in [0, 0.1) is 0 Å². The Morgan fingerprint density at radius 1 is 1.56 bits per heavy atom. The summed E-state index contributed by atoms with van der Waals surface area (Å²) >= 11 is 5.36. The van der Waals surface area contributed by atoms with Crippen LogP contribution < -0.4 is 10.6 Å². The summed E-state index contributed by atoms with van der Waals surface area (Å²) in [4.78, 5) is 5.23. The molecule has 0 radical (unpaired) electrons. The topological polar surface area (TPSA) is 55.0 Å². The Hall–Kier alpha value is -0.960. The first-order valence-corrected chi connectivity index (χ1v) is 5.39. The van der Waals surface area contributed by atoms with Crippen LogP contribution >= 0.6 is 23.8 Å². The third kappa shape index (κ3) is 3.56. The first kappa shape index (κ1) is 13.1. The van der Waals surface area contributed by atoms with E-state index < -0.39 is 12.0 Å². The Kier molecular flexibility index (Phi) is 4.03. The predicted molar refractivity (Wildman–Crippen MR) is 59.6 cm³/mol. The number of hydrogen-bond donors (Lipinski definition) is 1. The van der Waals surface area contributed by atoms with Gasteiger partial charge in [-0.1, -0.05) is 12.2 Å². The average molecular weight is 270 g/mol. The predicted octanol–water partition coefficient (Wildman–Crippen LogP) is 1.67. The molecule has 0 unspecified atom stereocenters. The van der Waals surface area contributed by atoms with Gasteiger partial charge < -0.3 is 10.6 Å². The molecule has 9 heteroatoms. The van der Waals surface area contributed by atoms with Gasteiger partial charge in [0.2, 0.25) is 11.0 Å². The van der Waals surface area contributed by atoms with E-state index in [-0.39, 0.29) is 5.13 Å². The van der Waals surface area contributed by atoms with Crippen LogP contribution in [0.5, 0.6) is 0 Å². The fourth-order valence-electron chi connectivity index (χ4n) is 0.859. The quantitative estimate of drug-likeness (QED) is 0.843. The van der Waals surface area contributed by atoms with Gasteiger partial charge in [0, 0.05) is 31.5 Å². The molecule has 1 rings (SSSR count). The van der Waals surface area contributed by atoms with Gasteiger partial charge in [0.25, 0.3) is 0 Å². The molecule has 0 atom stereocenters. The second-order valence-electron chi connectivity index (χ2n) is 3.04. The zero-order valence-corrected chi connectivity index (χ0v) is 9.92. The second kappa shape index (κ2) is 4.91. The molecule has 2 N–H and O–H groups in total. The van der Waals surface area contributed by atoms with E-state index in [0.29, 0.717) is 29.5 Å². The van der Waals surface area contributed by atoms with Crippen LogP contribution in [0.25, 0.3) is 0 Å². The van der Waals surface area contributed by atoms with Crippen LogP contribution in [0.4, 0.5) is 18.3 Å². The maximum absolute atomic E-state index is 12.2. The Labute approximate surface area is 99.4 Å². The highest BCUT2D eigenvalue weighted by Crippen LogP contribution is 2.29. The summed E-state index contributed by atoms with van der Waals surface area (Å²) in [5, 5.41) is 0.198. The van der Waals surface area contributed by atoms with E-state index in [0.717, 1.165) is 0 Å². The van der Waals surface area contributed by atoms with Gasteiger partial charge in [-0.3, -0.25) is 0 Å². The standard InChI is InChI=1S/C7H9F3N4S2/c1-14(3-2-4(11)15)6-12-5(13-16-6)7(8,9)10/h2-3H2,1H3,(H2,11,15). The van der Waals surface area contributed by atoms with Gasteiger partial charge in [-0.2, -0.15) is 22.5 Å². The van der Waals surface area contributed by atoms with E-state index in [4.69, 9.17) is 5.73 Å². The zero-order chi connectivity index (χ0) is 12.3. The Bertz CT molecular complexity index is 376. The van der Waals surface area contributed by atoms with Gasteiger partial charge in [0.15, 0.2) is 0 Å². The maximum Gasteiger partial charge on any atom is 0.452 e. The van der Waals surface area contributed by atoms with Crippen molar-refractivity contribution in [3.05, 3.63) is 5.82 Å². The van der Waals surface area contributed by atoms with Crippen LogP contribution in [0.2, 0.25) is 0 Å². The van der Waals surface area contributed by atoms with Crippen molar-refractivity contribution in [1.82, 2.24) is 9.36 Å². The Morgan fingerprint density at radius 3 is 2.62 bits per heavy atom. The lowest BCUT2D eigenvalue weighted by Gasteiger charge is -2.13. The van der Waals surface area contributed by atoms with Crippen LogP contribution in [0.15, 0.2) is 0 Å². The third-order valence-corrected chi connectivity index (χ3v) is 2.72. The molecule has 0 aliphatic heterocycles. The zero-order valence-electron chi connectivity index (χ0n) is 8.28. The van der Waals surface area contributed by atoms with E-state index in [1.54, 1.807) is 7.05 Å². The summed E-state index contributed by atoms with van der Waals surface area (Å²) < 4.78 is 39.8. The van der Waals surface area contributed by atoms with Crippen LogP contribution in [-0.2, 0) is 6.18 Å². The number of nitrogens with two attached hydrogens (primary N) is 1. The Morgan fingerprint density at radius 2 is 2.19 bits per heavy atom. The van der Waals surface area contributed by atoms with Crippen molar-refractivity contribution in [2.24, 2.45) is 5.73 Å². The highest BCUT2D eigenvalue weighted by molar-refractivity contribution is 7.80. The van der Waals surface area contributed by atoms with Gasteiger partial charge in [0.1, 0.15) is 0 Å². The summed E-state index contributed by atoms with van der Waals surface area (Å²) in [6.45, 7) is 0.418. The molecule has 16 heavy (non-hydrogen) atoms. The highest BCUT2D eigenvalue weighted by atomic mass is 32.1. The molecule has 0 amide bonds. The van der Waals surface area contributed by atoms with Crippen LogP contribution in [-0.4, -0.2) is 27.9 Å². The van der Waals surface area contributed by atoms with Crippen molar-refractivity contribution in [2.45, 2.75) is 12.6 Å². The van der Waals surface area contributed by atoms with Crippen molar-refractivity contribution >= 4 is 33.9 Å². The number of thiocarbonyl (C=S) groups is 1. The largest absolute Gasteiger partial charge is 0.452 e. The minimum atomic E-state index is -4.50. The van der Waals surface area contributed by atoms with Crippen LogP contribution in [0.3, 0.4) is 0 Å². The Balaban J connectivity index is 2.67. The van der Waals surface area contributed by atoms with Crippen molar-refractivity contribution in [3.63, 3.8) is 0 Å². The van der Waals surface area contributed by atoms with Gasteiger partial charge in [-0.05, 0) is 0 Å². The molecule has 0 aliphatic carbocycles.